The molecule has 1 aliphatic rings. The zero-order valence-electron chi connectivity index (χ0n) is 8.62. The Hall–Kier alpha value is -1.06. The summed E-state index contributed by atoms with van der Waals surface area (Å²) in [4.78, 5) is 14.9. The van der Waals surface area contributed by atoms with Gasteiger partial charge in [-0.15, -0.1) is 0 Å². The van der Waals surface area contributed by atoms with Gasteiger partial charge in [-0.3, -0.25) is 9.79 Å². The molecule has 4 heteroatoms. The van der Waals surface area contributed by atoms with E-state index in [1.165, 1.54) is 6.42 Å². The molecule has 0 amide bonds. The minimum absolute atomic E-state index is 0.346. The average Bonchev–Trinajstić information content (AvgIpc) is 2.42. The lowest BCUT2D eigenvalue weighted by Gasteiger charge is -2.10. The number of nitrogens with zero attached hydrogens (tertiary/aromatic N) is 1. The Balaban J connectivity index is 2.29. The zero-order chi connectivity index (χ0) is 10.4. The van der Waals surface area contributed by atoms with E-state index in [9.17, 15) is 4.79 Å². The molecule has 0 fully saturated rings. The van der Waals surface area contributed by atoms with Crippen LogP contribution in [0.3, 0.4) is 0 Å². The Labute approximate surface area is 84.4 Å². The van der Waals surface area contributed by atoms with E-state index < -0.39 is 5.97 Å². The minimum atomic E-state index is -0.758. The van der Waals surface area contributed by atoms with E-state index in [0.29, 0.717) is 6.54 Å². The Bertz CT molecular complexity index is 226. The molecule has 1 aliphatic heterocycles. The van der Waals surface area contributed by atoms with Crippen LogP contribution in [0.15, 0.2) is 4.99 Å². The van der Waals surface area contributed by atoms with Crippen molar-refractivity contribution in [2.24, 2.45) is 10.9 Å². The van der Waals surface area contributed by atoms with Gasteiger partial charge in [0.2, 0.25) is 0 Å². The zero-order valence-corrected chi connectivity index (χ0v) is 8.62. The predicted octanol–water partition coefficient (Wildman–Crippen LogP) is 1.27. The van der Waals surface area contributed by atoms with Crippen molar-refractivity contribution < 1.29 is 9.90 Å². The lowest BCUT2D eigenvalue weighted by atomic mass is 10.1. The highest BCUT2D eigenvalue weighted by molar-refractivity contribution is 5.82. The summed E-state index contributed by atoms with van der Waals surface area (Å²) in [5.74, 6) is -0.122. The number of rotatable bonds is 3. The molecule has 0 aromatic heterocycles. The lowest BCUT2D eigenvalue weighted by molar-refractivity contribution is -0.140. The molecule has 0 saturated carbocycles. The van der Waals surface area contributed by atoms with Crippen molar-refractivity contribution in [3.8, 4) is 0 Å². The summed E-state index contributed by atoms with van der Waals surface area (Å²) >= 11 is 0. The monoisotopic (exact) mass is 198 g/mol. The van der Waals surface area contributed by atoms with Crippen molar-refractivity contribution in [2.75, 3.05) is 13.1 Å². The molecule has 0 radical (unpaired) electrons. The van der Waals surface area contributed by atoms with Crippen LogP contribution < -0.4 is 5.32 Å². The number of amidine groups is 1. The first-order valence-corrected chi connectivity index (χ1v) is 5.20. The van der Waals surface area contributed by atoms with Crippen LogP contribution in [0.25, 0.3) is 0 Å². The van der Waals surface area contributed by atoms with Crippen molar-refractivity contribution in [1.82, 2.24) is 5.32 Å². The largest absolute Gasteiger partial charge is 0.481 e. The molecule has 4 nitrogen and oxygen atoms in total. The van der Waals surface area contributed by atoms with E-state index in [1.54, 1.807) is 6.92 Å². The maximum Gasteiger partial charge on any atom is 0.308 e. The molecule has 1 unspecified atom stereocenters. The number of carbonyl (C=O) groups is 1. The lowest BCUT2D eigenvalue weighted by Crippen LogP contribution is -2.31. The first kappa shape index (κ1) is 11.0. The van der Waals surface area contributed by atoms with Gasteiger partial charge in [0, 0.05) is 19.5 Å². The van der Waals surface area contributed by atoms with E-state index in [-0.39, 0.29) is 5.92 Å². The topological polar surface area (TPSA) is 61.7 Å². The van der Waals surface area contributed by atoms with Gasteiger partial charge >= 0.3 is 5.97 Å². The van der Waals surface area contributed by atoms with Gasteiger partial charge in [-0.2, -0.15) is 0 Å². The van der Waals surface area contributed by atoms with Crippen LogP contribution in [0.1, 0.15) is 32.6 Å². The quantitative estimate of drug-likeness (QED) is 0.718. The van der Waals surface area contributed by atoms with E-state index in [1.807, 2.05) is 0 Å². The molecule has 2 N–H and O–H groups in total. The summed E-state index contributed by atoms with van der Waals surface area (Å²) in [6, 6.07) is 0. The van der Waals surface area contributed by atoms with Crippen molar-refractivity contribution in [1.29, 1.82) is 0 Å². The van der Waals surface area contributed by atoms with Crippen LogP contribution in [0, 0.1) is 5.92 Å². The van der Waals surface area contributed by atoms with Gasteiger partial charge in [-0.05, 0) is 12.8 Å². The van der Waals surface area contributed by atoms with Crippen LogP contribution in [-0.2, 0) is 4.79 Å². The van der Waals surface area contributed by atoms with Crippen LogP contribution in [-0.4, -0.2) is 30.0 Å². The maximum atomic E-state index is 10.6. The summed E-state index contributed by atoms with van der Waals surface area (Å²) in [5, 5.41) is 11.8. The van der Waals surface area contributed by atoms with Crippen molar-refractivity contribution in [3.05, 3.63) is 0 Å². The molecule has 1 rings (SSSR count). The van der Waals surface area contributed by atoms with E-state index in [0.717, 1.165) is 31.6 Å². The summed E-state index contributed by atoms with van der Waals surface area (Å²) in [6.07, 6.45) is 4.50. The minimum Gasteiger partial charge on any atom is -0.481 e. The average molecular weight is 198 g/mol. The van der Waals surface area contributed by atoms with E-state index >= 15 is 0 Å². The molecule has 0 aliphatic carbocycles. The molecule has 80 valence electrons. The van der Waals surface area contributed by atoms with Gasteiger partial charge in [0.25, 0.3) is 0 Å². The number of aliphatic carboxylic acids is 1. The van der Waals surface area contributed by atoms with Gasteiger partial charge in [-0.25, -0.2) is 0 Å². The molecule has 0 aromatic rings. The Morgan fingerprint density at radius 3 is 3.07 bits per heavy atom. The van der Waals surface area contributed by atoms with Gasteiger partial charge in [0.05, 0.1) is 11.8 Å². The standard InChI is InChI=1S/C10H18N2O2/c1-8(10(13)14)7-12-9-5-3-2-4-6-11-9/h8H,2-7H2,1H3,(H,11,12)(H,13,14). The number of hydrogen-bond acceptors (Lipinski definition) is 3. The normalized spacial score (nSPS) is 19.4. The molecule has 0 saturated heterocycles. The molecular weight excluding hydrogens is 180 g/mol. The van der Waals surface area contributed by atoms with Crippen LogP contribution in [0.4, 0.5) is 0 Å². The Morgan fingerprint density at radius 2 is 2.36 bits per heavy atom. The fourth-order valence-corrected chi connectivity index (χ4v) is 1.38. The summed E-state index contributed by atoms with van der Waals surface area (Å²) < 4.78 is 0. The fraction of sp³-hybridized carbons (Fsp3) is 0.800. The highest BCUT2D eigenvalue weighted by Crippen LogP contribution is 2.06. The molecule has 0 bridgehead atoms. The third-order valence-electron chi connectivity index (χ3n) is 2.41. The SMILES string of the molecule is CC(CNC1=NCCCCC1)C(=O)O. The van der Waals surface area contributed by atoms with E-state index in [2.05, 4.69) is 10.3 Å². The van der Waals surface area contributed by atoms with Crippen LogP contribution in [0.5, 0.6) is 0 Å². The number of hydrogen-bond donors (Lipinski definition) is 2. The predicted molar refractivity (Wildman–Crippen MR) is 55.6 cm³/mol. The number of nitrogens with one attached hydrogen (secondary N) is 1. The fourth-order valence-electron chi connectivity index (χ4n) is 1.38. The van der Waals surface area contributed by atoms with Gasteiger partial charge < -0.3 is 10.4 Å². The number of carboxylic acids is 1. The van der Waals surface area contributed by atoms with Gasteiger partial charge in [-0.1, -0.05) is 13.3 Å². The van der Waals surface area contributed by atoms with Crippen molar-refractivity contribution in [2.45, 2.75) is 32.6 Å². The number of carboxylic acid groups (broad SMARTS) is 1. The first-order chi connectivity index (χ1) is 6.70. The second-order valence-electron chi connectivity index (χ2n) is 3.76. The second kappa shape index (κ2) is 5.62. The molecule has 1 heterocycles. The second-order valence-corrected chi connectivity index (χ2v) is 3.76. The van der Waals surface area contributed by atoms with Gasteiger partial charge in [0.1, 0.15) is 0 Å². The molecule has 14 heavy (non-hydrogen) atoms. The van der Waals surface area contributed by atoms with Crippen molar-refractivity contribution in [3.63, 3.8) is 0 Å². The smallest absolute Gasteiger partial charge is 0.308 e. The first-order valence-electron chi connectivity index (χ1n) is 5.20. The third kappa shape index (κ3) is 3.77. The van der Waals surface area contributed by atoms with Crippen LogP contribution >= 0.6 is 0 Å². The van der Waals surface area contributed by atoms with Gasteiger partial charge in [0.15, 0.2) is 0 Å². The molecule has 0 spiro atoms. The molecule has 1 atom stereocenters. The highest BCUT2D eigenvalue weighted by atomic mass is 16.4. The Morgan fingerprint density at radius 1 is 1.57 bits per heavy atom. The summed E-state index contributed by atoms with van der Waals surface area (Å²) in [6.45, 7) is 3.06. The summed E-state index contributed by atoms with van der Waals surface area (Å²) in [7, 11) is 0. The Kier molecular flexibility index (Phi) is 4.43. The number of aliphatic imine (C=N–C) groups is 1. The molecule has 0 aromatic carbocycles. The maximum absolute atomic E-state index is 10.6. The van der Waals surface area contributed by atoms with Crippen molar-refractivity contribution >= 4 is 11.8 Å². The highest BCUT2D eigenvalue weighted by Gasteiger charge is 2.11. The summed E-state index contributed by atoms with van der Waals surface area (Å²) in [5.41, 5.74) is 0. The van der Waals surface area contributed by atoms with Crippen LogP contribution in [0.2, 0.25) is 0 Å². The third-order valence-corrected chi connectivity index (χ3v) is 2.41. The molecular formula is C10H18N2O2. The van der Waals surface area contributed by atoms with E-state index in [4.69, 9.17) is 5.11 Å².